The summed E-state index contributed by atoms with van der Waals surface area (Å²) in [5, 5.41) is 0. The molecule has 162 valence electrons. The summed E-state index contributed by atoms with van der Waals surface area (Å²) in [4.78, 5) is 24.2. The number of benzene rings is 1. The summed E-state index contributed by atoms with van der Waals surface area (Å²) in [6, 6.07) is 10.0. The lowest BCUT2D eigenvalue weighted by Crippen LogP contribution is -2.35. The van der Waals surface area contributed by atoms with E-state index < -0.39 is 0 Å². The second-order valence-electron chi connectivity index (χ2n) is 8.74. The van der Waals surface area contributed by atoms with Gasteiger partial charge in [-0.15, -0.1) is 0 Å². The summed E-state index contributed by atoms with van der Waals surface area (Å²) in [6.07, 6.45) is 8.23. The normalized spacial score (nSPS) is 14.3. The lowest BCUT2D eigenvalue weighted by Gasteiger charge is -2.27. The third kappa shape index (κ3) is 4.90. The van der Waals surface area contributed by atoms with Gasteiger partial charge in [0, 0.05) is 53.8 Å². The Labute approximate surface area is 192 Å². The Morgan fingerprint density at radius 2 is 1.87 bits per heavy atom. The Bertz CT molecular complexity index is 1080. The predicted octanol–water partition coefficient (Wildman–Crippen LogP) is 5.74. The molecule has 1 aromatic carbocycles. The fourth-order valence-corrected chi connectivity index (χ4v) is 4.68. The third-order valence-electron chi connectivity index (χ3n) is 5.71. The van der Waals surface area contributed by atoms with Crippen LogP contribution in [0.4, 0.5) is 0 Å². The van der Waals surface area contributed by atoms with Gasteiger partial charge in [0.2, 0.25) is 0 Å². The standard InChI is InChI=1S/C25H29BrN4O/c1-17(2)13-20-14-19(9-10-27-20)24-28-23(16-29(24)3)18-7-8-21(22(26)15-18)25(31)30-11-5-4-6-12-30/h7-10,14-17H,4-6,11-13H2,1-3H3. The molecule has 1 saturated heterocycles. The first kappa shape index (κ1) is 21.8. The van der Waals surface area contributed by atoms with Crippen molar-refractivity contribution in [3.63, 3.8) is 0 Å². The van der Waals surface area contributed by atoms with E-state index in [2.05, 4.69) is 40.8 Å². The number of hydrogen-bond donors (Lipinski definition) is 0. The Morgan fingerprint density at radius 1 is 1.10 bits per heavy atom. The molecule has 0 spiro atoms. The molecule has 31 heavy (non-hydrogen) atoms. The first-order chi connectivity index (χ1) is 14.9. The minimum absolute atomic E-state index is 0.106. The smallest absolute Gasteiger partial charge is 0.254 e. The van der Waals surface area contributed by atoms with Gasteiger partial charge < -0.3 is 9.47 Å². The molecule has 0 unspecified atom stereocenters. The number of hydrogen-bond acceptors (Lipinski definition) is 3. The summed E-state index contributed by atoms with van der Waals surface area (Å²) < 4.78 is 2.86. The molecule has 0 radical (unpaired) electrons. The van der Waals surface area contributed by atoms with Crippen molar-refractivity contribution in [2.75, 3.05) is 13.1 Å². The topological polar surface area (TPSA) is 51.0 Å². The van der Waals surface area contributed by atoms with Gasteiger partial charge in [0.05, 0.1) is 11.3 Å². The van der Waals surface area contributed by atoms with Crippen LogP contribution in [0.25, 0.3) is 22.6 Å². The van der Waals surface area contributed by atoms with Gasteiger partial charge in [-0.3, -0.25) is 9.78 Å². The molecule has 0 atom stereocenters. The summed E-state index contributed by atoms with van der Waals surface area (Å²) in [6.45, 7) is 6.10. The maximum atomic E-state index is 12.9. The van der Waals surface area contributed by atoms with Crippen molar-refractivity contribution in [1.82, 2.24) is 19.4 Å². The van der Waals surface area contributed by atoms with E-state index in [0.29, 0.717) is 11.5 Å². The molecule has 0 N–H and O–H groups in total. The Kier molecular flexibility index (Phi) is 6.56. The number of amides is 1. The molecule has 0 aliphatic carbocycles. The minimum atomic E-state index is 0.106. The summed E-state index contributed by atoms with van der Waals surface area (Å²) >= 11 is 3.62. The monoisotopic (exact) mass is 480 g/mol. The highest BCUT2D eigenvalue weighted by Gasteiger charge is 2.21. The van der Waals surface area contributed by atoms with Gasteiger partial charge in [-0.05, 0) is 71.8 Å². The molecule has 0 saturated carbocycles. The predicted molar refractivity (Wildman–Crippen MR) is 128 cm³/mol. The van der Waals surface area contributed by atoms with Crippen molar-refractivity contribution >= 4 is 21.8 Å². The van der Waals surface area contributed by atoms with Crippen LogP contribution in [0, 0.1) is 5.92 Å². The van der Waals surface area contributed by atoms with Gasteiger partial charge in [0.1, 0.15) is 5.82 Å². The largest absolute Gasteiger partial charge is 0.339 e. The van der Waals surface area contributed by atoms with Crippen molar-refractivity contribution in [2.45, 2.75) is 39.5 Å². The van der Waals surface area contributed by atoms with Crippen LogP contribution in [0.5, 0.6) is 0 Å². The lowest BCUT2D eigenvalue weighted by atomic mass is 10.1. The summed E-state index contributed by atoms with van der Waals surface area (Å²) in [7, 11) is 2.01. The maximum absolute atomic E-state index is 12.9. The molecule has 6 heteroatoms. The van der Waals surface area contributed by atoms with E-state index in [-0.39, 0.29) is 5.91 Å². The van der Waals surface area contributed by atoms with Gasteiger partial charge >= 0.3 is 0 Å². The number of carbonyl (C=O) groups excluding carboxylic acids is 1. The number of pyridine rings is 1. The van der Waals surface area contributed by atoms with E-state index in [1.54, 1.807) is 0 Å². The average molecular weight is 481 g/mol. The van der Waals surface area contributed by atoms with E-state index >= 15 is 0 Å². The molecular weight excluding hydrogens is 452 g/mol. The highest BCUT2D eigenvalue weighted by molar-refractivity contribution is 9.10. The number of aryl methyl sites for hydroxylation is 1. The molecule has 1 aliphatic rings. The number of piperidine rings is 1. The van der Waals surface area contributed by atoms with Crippen LogP contribution in [-0.2, 0) is 13.5 Å². The molecule has 3 heterocycles. The molecule has 3 aromatic rings. The van der Waals surface area contributed by atoms with Crippen molar-refractivity contribution in [3.05, 3.63) is 58.5 Å². The molecule has 1 aliphatic heterocycles. The minimum Gasteiger partial charge on any atom is -0.339 e. The summed E-state index contributed by atoms with van der Waals surface area (Å²) in [5.41, 5.74) is 4.74. The number of likely N-dealkylation sites (tertiary alicyclic amines) is 1. The molecule has 2 aromatic heterocycles. The average Bonchev–Trinajstić information content (AvgIpc) is 3.15. The van der Waals surface area contributed by atoms with Gasteiger partial charge in [-0.25, -0.2) is 4.98 Å². The first-order valence-corrected chi connectivity index (χ1v) is 11.8. The number of carbonyl (C=O) groups is 1. The first-order valence-electron chi connectivity index (χ1n) is 11.0. The zero-order valence-corrected chi connectivity index (χ0v) is 20.0. The van der Waals surface area contributed by atoms with Crippen LogP contribution in [0.1, 0.15) is 49.2 Å². The van der Waals surface area contributed by atoms with Crippen molar-refractivity contribution in [1.29, 1.82) is 0 Å². The third-order valence-corrected chi connectivity index (χ3v) is 6.36. The van der Waals surface area contributed by atoms with Gasteiger partial charge in [-0.1, -0.05) is 19.9 Å². The highest BCUT2D eigenvalue weighted by Crippen LogP contribution is 2.29. The quantitative estimate of drug-likeness (QED) is 0.467. The number of aromatic nitrogens is 3. The van der Waals surface area contributed by atoms with Crippen molar-refractivity contribution < 1.29 is 4.79 Å². The SMILES string of the molecule is CC(C)Cc1cc(-c2nc(-c3ccc(C(=O)N4CCCCC4)c(Br)c3)cn2C)ccn1. The Hall–Kier alpha value is -2.47. The summed E-state index contributed by atoms with van der Waals surface area (Å²) in [5.74, 6) is 1.57. The van der Waals surface area contributed by atoms with Gasteiger partial charge in [-0.2, -0.15) is 0 Å². The highest BCUT2D eigenvalue weighted by atomic mass is 79.9. The second-order valence-corrected chi connectivity index (χ2v) is 9.60. The van der Waals surface area contributed by atoms with Crippen molar-refractivity contribution in [3.8, 4) is 22.6 Å². The van der Waals surface area contributed by atoms with Gasteiger partial charge in [0.15, 0.2) is 0 Å². The van der Waals surface area contributed by atoms with Gasteiger partial charge in [0.25, 0.3) is 5.91 Å². The lowest BCUT2D eigenvalue weighted by molar-refractivity contribution is 0.0723. The molecule has 1 amide bonds. The Balaban J connectivity index is 1.60. The van der Waals surface area contributed by atoms with E-state index in [0.717, 1.165) is 65.2 Å². The fourth-order valence-electron chi connectivity index (χ4n) is 4.14. The van der Waals surface area contributed by atoms with E-state index in [1.807, 2.05) is 53.2 Å². The van der Waals surface area contributed by atoms with Crippen LogP contribution in [0.3, 0.4) is 0 Å². The molecule has 4 rings (SSSR count). The van der Waals surface area contributed by atoms with E-state index in [9.17, 15) is 4.79 Å². The number of nitrogens with zero attached hydrogens (tertiary/aromatic N) is 4. The molecule has 0 bridgehead atoms. The fraction of sp³-hybridized carbons (Fsp3) is 0.400. The zero-order valence-electron chi connectivity index (χ0n) is 18.4. The van der Waals surface area contributed by atoms with Crippen LogP contribution in [0.15, 0.2) is 47.2 Å². The van der Waals surface area contributed by atoms with Crippen LogP contribution < -0.4 is 0 Å². The second kappa shape index (κ2) is 9.35. The zero-order chi connectivity index (χ0) is 22.0. The Morgan fingerprint density at radius 3 is 2.58 bits per heavy atom. The van der Waals surface area contributed by atoms with Crippen LogP contribution >= 0.6 is 15.9 Å². The molecular formula is C25H29BrN4O. The molecule has 5 nitrogen and oxygen atoms in total. The van der Waals surface area contributed by atoms with Crippen LogP contribution in [-0.4, -0.2) is 38.4 Å². The van der Waals surface area contributed by atoms with E-state index in [1.165, 1.54) is 6.42 Å². The number of imidazole rings is 1. The maximum Gasteiger partial charge on any atom is 0.254 e. The van der Waals surface area contributed by atoms with Crippen LogP contribution in [0.2, 0.25) is 0 Å². The molecule has 1 fully saturated rings. The van der Waals surface area contributed by atoms with Crippen molar-refractivity contribution in [2.24, 2.45) is 13.0 Å². The van der Waals surface area contributed by atoms with E-state index in [4.69, 9.17) is 4.98 Å². The number of halogens is 1. The number of rotatable bonds is 5.